The predicted molar refractivity (Wildman–Crippen MR) is 95.3 cm³/mol. The van der Waals surface area contributed by atoms with Crippen LogP contribution in [0.5, 0.6) is 0 Å². The molecule has 0 fully saturated rings. The number of rotatable bonds is 15. The Balaban J connectivity index is 3.13. The normalized spacial score (nSPS) is 11.0. The summed E-state index contributed by atoms with van der Waals surface area (Å²) in [5.74, 6) is 2.57. The fraction of sp³-hybridized carbons (Fsp3) is 0.889. The summed E-state index contributed by atoms with van der Waals surface area (Å²) in [6, 6.07) is 0. The minimum Gasteiger partial charge on any atom is -0.307 e. The minimum atomic E-state index is -4.42. The third-order valence-corrected chi connectivity index (χ3v) is 4.17. The van der Waals surface area contributed by atoms with E-state index in [1.54, 1.807) is 0 Å². The van der Waals surface area contributed by atoms with Crippen LogP contribution in [0, 0.1) is 12.0 Å². The van der Waals surface area contributed by atoms with Gasteiger partial charge in [-0.2, -0.15) is 8.42 Å². The molecule has 0 aromatic heterocycles. The summed E-state index contributed by atoms with van der Waals surface area (Å²) in [4.78, 5) is 0. The predicted octanol–water partition coefficient (Wildman–Crippen LogP) is 5.64. The van der Waals surface area contributed by atoms with Crippen LogP contribution >= 0.6 is 0 Å². The van der Waals surface area contributed by atoms with Gasteiger partial charge in [0.25, 0.3) is 0 Å². The van der Waals surface area contributed by atoms with Crippen molar-refractivity contribution in [3.63, 3.8) is 0 Å². The Labute approximate surface area is 143 Å². The molecule has 0 aliphatic carbocycles. The Morgan fingerprint density at radius 2 is 1.13 bits per heavy atom. The molecule has 0 atom stereocenters. The first-order chi connectivity index (χ1) is 11.1. The van der Waals surface area contributed by atoms with E-state index in [0.717, 1.165) is 12.8 Å². The van der Waals surface area contributed by atoms with Crippen molar-refractivity contribution in [2.24, 2.45) is 0 Å². The molecule has 1 N–H and O–H groups in total. The van der Waals surface area contributed by atoms with Gasteiger partial charge in [0, 0.05) is 6.42 Å². The van der Waals surface area contributed by atoms with Gasteiger partial charge in [0.2, 0.25) is 0 Å². The molecular weight excluding hydrogens is 312 g/mol. The maximum absolute atomic E-state index is 10.2. The van der Waals surface area contributed by atoms with Gasteiger partial charge in [-0.3, -0.25) is 4.55 Å². The highest BCUT2D eigenvalue weighted by atomic mass is 32.3. The van der Waals surface area contributed by atoms with E-state index in [9.17, 15) is 8.42 Å². The van der Waals surface area contributed by atoms with Crippen LogP contribution in [0.3, 0.4) is 0 Å². The molecule has 0 bridgehead atoms. The van der Waals surface area contributed by atoms with Crippen LogP contribution in [0.15, 0.2) is 0 Å². The van der Waals surface area contributed by atoms with Crippen LogP contribution in [0.4, 0.5) is 0 Å². The van der Waals surface area contributed by atoms with Gasteiger partial charge in [-0.25, -0.2) is 0 Å². The number of hydrogen-bond donors (Lipinski definition) is 1. The molecule has 0 saturated heterocycles. The average molecular weight is 347 g/mol. The van der Waals surface area contributed by atoms with E-state index < -0.39 is 10.4 Å². The highest BCUT2D eigenvalue weighted by Gasteiger charge is 1.99. The highest BCUT2D eigenvalue weighted by Crippen LogP contribution is 2.13. The summed E-state index contributed by atoms with van der Waals surface area (Å²) in [6.07, 6.45) is 20.9. The van der Waals surface area contributed by atoms with Crippen molar-refractivity contribution >= 4 is 10.4 Å². The van der Waals surface area contributed by atoms with E-state index in [0.29, 0.717) is 6.42 Å². The molecule has 4 nitrogen and oxygen atoms in total. The molecule has 136 valence electrons. The van der Waals surface area contributed by atoms with Crippen LogP contribution in [0.2, 0.25) is 0 Å². The van der Waals surface area contributed by atoms with Crippen LogP contribution in [0.25, 0.3) is 0 Å². The third kappa shape index (κ3) is 21.3. The Morgan fingerprint density at radius 1 is 0.739 bits per heavy atom. The lowest BCUT2D eigenvalue weighted by molar-refractivity contribution is 0.370. The lowest BCUT2D eigenvalue weighted by atomic mass is 10.0. The molecule has 0 aromatic carbocycles. The molecule has 0 aliphatic heterocycles. The summed E-state index contributed by atoms with van der Waals surface area (Å²) in [6.45, 7) is 2.26. The maximum Gasteiger partial charge on any atom is 0.454 e. The Morgan fingerprint density at radius 3 is 1.52 bits per heavy atom. The van der Waals surface area contributed by atoms with Crippen molar-refractivity contribution in [3.05, 3.63) is 0 Å². The zero-order valence-corrected chi connectivity index (χ0v) is 15.5. The molecule has 0 heterocycles. The fourth-order valence-electron chi connectivity index (χ4n) is 2.54. The molecular formula is C18H34O4S. The van der Waals surface area contributed by atoms with Gasteiger partial charge in [-0.1, -0.05) is 96.3 Å². The molecule has 0 aromatic rings. The van der Waals surface area contributed by atoms with Crippen LogP contribution in [0.1, 0.15) is 103 Å². The monoisotopic (exact) mass is 346 g/mol. The van der Waals surface area contributed by atoms with E-state index >= 15 is 0 Å². The zero-order chi connectivity index (χ0) is 17.2. The second kappa shape index (κ2) is 16.1. The summed E-state index contributed by atoms with van der Waals surface area (Å²) in [7, 11) is -4.42. The SMILES string of the molecule is CCCCCCCCCCCCCCCCC#COS(=O)(=O)O. The van der Waals surface area contributed by atoms with Gasteiger partial charge in [0.1, 0.15) is 6.11 Å². The second-order valence-electron chi connectivity index (χ2n) is 6.14. The summed E-state index contributed by atoms with van der Waals surface area (Å²) in [5.41, 5.74) is 0. The van der Waals surface area contributed by atoms with Crippen molar-refractivity contribution in [2.75, 3.05) is 0 Å². The van der Waals surface area contributed by atoms with Gasteiger partial charge in [0.05, 0.1) is 0 Å². The van der Waals surface area contributed by atoms with Gasteiger partial charge >= 0.3 is 10.4 Å². The first-order valence-electron chi connectivity index (χ1n) is 9.20. The zero-order valence-electron chi connectivity index (χ0n) is 14.7. The van der Waals surface area contributed by atoms with Crippen LogP contribution < -0.4 is 0 Å². The van der Waals surface area contributed by atoms with Crippen molar-refractivity contribution in [1.29, 1.82) is 0 Å². The Kier molecular flexibility index (Phi) is 15.6. The maximum atomic E-state index is 10.2. The van der Waals surface area contributed by atoms with E-state index in [2.05, 4.69) is 17.0 Å². The Hall–Kier alpha value is -0.730. The van der Waals surface area contributed by atoms with Gasteiger partial charge < -0.3 is 4.18 Å². The molecule has 5 heteroatoms. The van der Waals surface area contributed by atoms with Crippen molar-refractivity contribution in [2.45, 2.75) is 103 Å². The van der Waals surface area contributed by atoms with E-state index in [4.69, 9.17) is 4.55 Å². The highest BCUT2D eigenvalue weighted by molar-refractivity contribution is 7.81. The first-order valence-corrected chi connectivity index (χ1v) is 10.6. The van der Waals surface area contributed by atoms with Gasteiger partial charge in [-0.05, 0) is 6.42 Å². The summed E-state index contributed by atoms with van der Waals surface area (Å²) < 4.78 is 32.7. The fourth-order valence-corrected chi connectivity index (χ4v) is 2.71. The van der Waals surface area contributed by atoms with Crippen LogP contribution in [-0.4, -0.2) is 13.0 Å². The number of unbranched alkanes of at least 4 members (excludes halogenated alkanes) is 14. The molecule has 0 unspecified atom stereocenters. The Bertz CT molecular complexity index is 406. The molecule has 0 amide bonds. The van der Waals surface area contributed by atoms with E-state index in [1.807, 2.05) is 6.11 Å². The molecule has 0 rings (SSSR count). The number of hydrogen-bond acceptors (Lipinski definition) is 3. The lowest BCUT2D eigenvalue weighted by Crippen LogP contribution is -1.97. The first kappa shape index (κ1) is 22.3. The largest absolute Gasteiger partial charge is 0.454 e. The van der Waals surface area contributed by atoms with Crippen molar-refractivity contribution < 1.29 is 17.2 Å². The molecule has 0 saturated carbocycles. The minimum absolute atomic E-state index is 0.605. The third-order valence-electron chi connectivity index (χ3n) is 3.87. The topological polar surface area (TPSA) is 63.6 Å². The van der Waals surface area contributed by atoms with Crippen molar-refractivity contribution in [1.82, 2.24) is 0 Å². The lowest BCUT2D eigenvalue weighted by Gasteiger charge is -2.02. The summed E-state index contributed by atoms with van der Waals surface area (Å²) in [5, 5.41) is 0. The molecule has 23 heavy (non-hydrogen) atoms. The second-order valence-corrected chi connectivity index (χ2v) is 7.16. The van der Waals surface area contributed by atoms with Gasteiger partial charge in [-0.15, -0.1) is 0 Å². The molecule has 0 spiro atoms. The molecule has 0 aliphatic rings. The standard InChI is InChI=1S/C18H34O4S/c1-2-3-4-5-6-7-8-9-10-11-12-13-14-15-16-17-18-22-23(19,20)21/h2-16H2,1H3,(H,19,20,21). The quantitative estimate of drug-likeness (QED) is 0.237. The smallest absolute Gasteiger partial charge is 0.307 e. The van der Waals surface area contributed by atoms with E-state index in [1.165, 1.54) is 77.0 Å². The van der Waals surface area contributed by atoms with E-state index in [-0.39, 0.29) is 0 Å². The van der Waals surface area contributed by atoms with Crippen molar-refractivity contribution in [3.8, 4) is 12.0 Å². The average Bonchev–Trinajstić information content (AvgIpc) is 2.49. The molecule has 0 radical (unpaired) electrons. The van der Waals surface area contributed by atoms with Gasteiger partial charge in [0.15, 0.2) is 0 Å². The van der Waals surface area contributed by atoms with Crippen LogP contribution in [-0.2, 0) is 14.6 Å². The summed E-state index contributed by atoms with van der Waals surface area (Å²) >= 11 is 0.